The fourth-order valence-electron chi connectivity index (χ4n) is 0.895. The highest BCUT2D eigenvalue weighted by Gasteiger charge is 1.92. The zero-order valence-electron chi connectivity index (χ0n) is 7.18. The normalized spacial score (nSPS) is 9.83. The first-order chi connectivity index (χ1) is 5.83. The third kappa shape index (κ3) is 3.09. The first kappa shape index (κ1) is 9.33. The Hall–Kier alpha value is -0.760. The third-order valence-electron chi connectivity index (χ3n) is 1.56. The van der Waals surface area contributed by atoms with Gasteiger partial charge in [-0.25, -0.2) is 4.98 Å². The van der Waals surface area contributed by atoms with E-state index < -0.39 is 0 Å². The molecule has 0 aliphatic heterocycles. The molecule has 12 heavy (non-hydrogen) atoms. The molecular formula is C9H13ClN2. The molecule has 66 valence electrons. The molecule has 0 bridgehead atoms. The Morgan fingerprint density at radius 3 is 3.08 bits per heavy atom. The van der Waals surface area contributed by atoms with E-state index in [1.807, 2.05) is 6.07 Å². The van der Waals surface area contributed by atoms with Crippen molar-refractivity contribution in [2.24, 2.45) is 0 Å². The maximum atomic E-state index is 5.78. The van der Waals surface area contributed by atoms with E-state index >= 15 is 0 Å². The van der Waals surface area contributed by atoms with Crippen molar-refractivity contribution in [1.29, 1.82) is 0 Å². The van der Waals surface area contributed by atoms with Crippen LogP contribution in [0.5, 0.6) is 0 Å². The number of halogens is 1. The summed E-state index contributed by atoms with van der Waals surface area (Å²) in [6.45, 7) is 3.12. The van der Waals surface area contributed by atoms with Crippen molar-refractivity contribution < 1.29 is 0 Å². The number of anilines is 1. The van der Waals surface area contributed by atoms with Gasteiger partial charge in [-0.3, -0.25) is 0 Å². The Morgan fingerprint density at radius 1 is 1.58 bits per heavy atom. The van der Waals surface area contributed by atoms with E-state index in [4.69, 9.17) is 11.6 Å². The second-order valence-corrected chi connectivity index (χ2v) is 3.08. The Bertz CT molecular complexity index is 238. The number of hydrogen-bond acceptors (Lipinski definition) is 2. The van der Waals surface area contributed by atoms with Crippen LogP contribution in [-0.2, 0) is 0 Å². The van der Waals surface area contributed by atoms with Crippen LogP contribution in [-0.4, -0.2) is 11.5 Å². The van der Waals surface area contributed by atoms with Crippen molar-refractivity contribution in [3.05, 3.63) is 23.4 Å². The summed E-state index contributed by atoms with van der Waals surface area (Å²) in [7, 11) is 0. The molecule has 0 fully saturated rings. The summed E-state index contributed by atoms with van der Waals surface area (Å²) in [6.07, 6.45) is 4.05. The second-order valence-electron chi connectivity index (χ2n) is 2.64. The molecule has 2 nitrogen and oxygen atoms in total. The summed E-state index contributed by atoms with van der Waals surface area (Å²) < 4.78 is 0. The summed E-state index contributed by atoms with van der Waals surface area (Å²) in [4.78, 5) is 4.12. The number of nitrogens with zero attached hydrogens (tertiary/aromatic N) is 1. The van der Waals surface area contributed by atoms with Crippen LogP contribution in [0.4, 0.5) is 5.82 Å². The topological polar surface area (TPSA) is 24.9 Å². The fraction of sp³-hybridized carbons (Fsp3) is 0.444. The Balaban J connectivity index is 2.41. The van der Waals surface area contributed by atoms with Crippen molar-refractivity contribution in [3.63, 3.8) is 0 Å². The lowest BCUT2D eigenvalue weighted by Crippen LogP contribution is -2.01. The van der Waals surface area contributed by atoms with Crippen molar-refractivity contribution in [2.75, 3.05) is 11.9 Å². The molecule has 0 spiro atoms. The van der Waals surface area contributed by atoms with Gasteiger partial charge >= 0.3 is 0 Å². The summed E-state index contributed by atoms with van der Waals surface area (Å²) in [6, 6.07) is 3.60. The molecule has 1 aromatic rings. The van der Waals surface area contributed by atoms with Crippen LogP contribution in [0, 0.1) is 0 Å². The number of rotatable bonds is 4. The van der Waals surface area contributed by atoms with Gasteiger partial charge in [-0.15, -0.1) is 0 Å². The molecule has 1 heterocycles. The van der Waals surface area contributed by atoms with E-state index in [1.54, 1.807) is 12.3 Å². The molecule has 1 N–H and O–H groups in total. The number of hydrogen-bond donors (Lipinski definition) is 1. The van der Waals surface area contributed by atoms with E-state index in [9.17, 15) is 0 Å². The van der Waals surface area contributed by atoms with Gasteiger partial charge in [-0.1, -0.05) is 24.9 Å². The van der Waals surface area contributed by atoms with Crippen LogP contribution in [0.2, 0.25) is 5.02 Å². The maximum absolute atomic E-state index is 5.78. The second kappa shape index (κ2) is 4.99. The van der Waals surface area contributed by atoms with Gasteiger partial charge < -0.3 is 5.32 Å². The maximum Gasteiger partial charge on any atom is 0.127 e. The van der Waals surface area contributed by atoms with E-state index in [2.05, 4.69) is 17.2 Å². The van der Waals surface area contributed by atoms with E-state index in [0.717, 1.165) is 23.8 Å². The first-order valence-corrected chi connectivity index (χ1v) is 4.56. The minimum Gasteiger partial charge on any atom is -0.370 e. The first-order valence-electron chi connectivity index (χ1n) is 4.18. The van der Waals surface area contributed by atoms with Gasteiger partial charge in [-0.05, 0) is 18.6 Å². The largest absolute Gasteiger partial charge is 0.370 e. The molecule has 0 saturated carbocycles. The van der Waals surface area contributed by atoms with Crippen LogP contribution in [0.15, 0.2) is 18.3 Å². The molecule has 0 atom stereocenters. The van der Waals surface area contributed by atoms with Gasteiger partial charge in [0.15, 0.2) is 0 Å². The number of aromatic nitrogens is 1. The number of pyridine rings is 1. The van der Waals surface area contributed by atoms with Gasteiger partial charge in [0, 0.05) is 17.8 Å². The summed E-state index contributed by atoms with van der Waals surface area (Å²) in [5.74, 6) is 0.857. The van der Waals surface area contributed by atoms with Crippen molar-refractivity contribution in [3.8, 4) is 0 Å². The SMILES string of the molecule is CCCCNc1cc(Cl)ccn1. The summed E-state index contributed by atoms with van der Waals surface area (Å²) >= 11 is 5.78. The van der Waals surface area contributed by atoms with Crippen molar-refractivity contribution >= 4 is 17.4 Å². The highest BCUT2D eigenvalue weighted by molar-refractivity contribution is 6.30. The molecule has 0 aromatic carbocycles. The Kier molecular flexibility index (Phi) is 3.88. The van der Waals surface area contributed by atoms with Gasteiger partial charge in [0.2, 0.25) is 0 Å². The Morgan fingerprint density at radius 2 is 2.42 bits per heavy atom. The lowest BCUT2D eigenvalue weighted by molar-refractivity contribution is 0.831. The predicted molar refractivity (Wildman–Crippen MR) is 52.6 cm³/mol. The predicted octanol–water partition coefficient (Wildman–Crippen LogP) is 2.95. The summed E-state index contributed by atoms with van der Waals surface area (Å²) in [5, 5.41) is 3.92. The highest BCUT2D eigenvalue weighted by atomic mass is 35.5. The smallest absolute Gasteiger partial charge is 0.127 e. The average Bonchev–Trinajstić information content (AvgIpc) is 2.05. The quantitative estimate of drug-likeness (QED) is 0.728. The Labute approximate surface area is 78.0 Å². The van der Waals surface area contributed by atoms with Crippen LogP contribution in [0.25, 0.3) is 0 Å². The lowest BCUT2D eigenvalue weighted by Gasteiger charge is -2.03. The van der Waals surface area contributed by atoms with Gasteiger partial charge in [0.1, 0.15) is 5.82 Å². The molecular weight excluding hydrogens is 172 g/mol. The molecule has 0 radical (unpaired) electrons. The van der Waals surface area contributed by atoms with Gasteiger partial charge in [0.25, 0.3) is 0 Å². The molecule has 1 rings (SSSR count). The lowest BCUT2D eigenvalue weighted by atomic mass is 10.3. The minimum atomic E-state index is 0.726. The molecule has 0 unspecified atom stereocenters. The monoisotopic (exact) mass is 184 g/mol. The van der Waals surface area contributed by atoms with Crippen molar-refractivity contribution in [1.82, 2.24) is 4.98 Å². The van der Waals surface area contributed by atoms with E-state index in [1.165, 1.54) is 6.42 Å². The van der Waals surface area contributed by atoms with Crippen LogP contribution in [0.1, 0.15) is 19.8 Å². The van der Waals surface area contributed by atoms with Crippen molar-refractivity contribution in [2.45, 2.75) is 19.8 Å². The molecule has 0 aliphatic carbocycles. The minimum absolute atomic E-state index is 0.726. The molecule has 0 amide bonds. The number of unbranched alkanes of at least 4 members (excludes halogenated alkanes) is 1. The van der Waals surface area contributed by atoms with Crippen LogP contribution in [0.3, 0.4) is 0 Å². The summed E-state index contributed by atoms with van der Waals surface area (Å²) in [5.41, 5.74) is 0. The zero-order valence-corrected chi connectivity index (χ0v) is 7.93. The molecule has 1 aromatic heterocycles. The average molecular weight is 185 g/mol. The number of nitrogens with one attached hydrogen (secondary N) is 1. The van der Waals surface area contributed by atoms with E-state index in [0.29, 0.717) is 0 Å². The van der Waals surface area contributed by atoms with Crippen LogP contribution >= 0.6 is 11.6 Å². The standard InChI is InChI=1S/C9H13ClN2/c1-2-3-5-11-9-7-8(10)4-6-12-9/h4,6-7H,2-3,5H2,1H3,(H,11,12). The van der Waals surface area contributed by atoms with Gasteiger partial charge in [-0.2, -0.15) is 0 Å². The van der Waals surface area contributed by atoms with Gasteiger partial charge in [0.05, 0.1) is 0 Å². The van der Waals surface area contributed by atoms with Crippen LogP contribution < -0.4 is 5.32 Å². The zero-order chi connectivity index (χ0) is 8.81. The molecule has 3 heteroatoms. The highest BCUT2D eigenvalue weighted by Crippen LogP contribution is 2.11. The van der Waals surface area contributed by atoms with E-state index in [-0.39, 0.29) is 0 Å². The molecule has 0 aliphatic rings. The molecule has 0 saturated heterocycles. The fourth-order valence-corrected chi connectivity index (χ4v) is 1.05. The third-order valence-corrected chi connectivity index (χ3v) is 1.79.